The van der Waals surface area contributed by atoms with E-state index in [2.05, 4.69) is 10.5 Å². The number of aromatic nitrogens is 1. The van der Waals surface area contributed by atoms with Crippen LogP contribution in [0.15, 0.2) is 40.9 Å². The van der Waals surface area contributed by atoms with Crippen LogP contribution in [0.3, 0.4) is 0 Å². The fourth-order valence-electron chi connectivity index (χ4n) is 3.48. The second kappa shape index (κ2) is 8.02. The van der Waals surface area contributed by atoms with Crippen molar-refractivity contribution >= 4 is 16.7 Å². The second-order valence-corrected chi connectivity index (χ2v) is 7.13. The van der Waals surface area contributed by atoms with E-state index in [-0.39, 0.29) is 12.0 Å². The number of aryl methyl sites for hydroxylation is 2. The molecular weight excluding hydrogens is 356 g/mol. The van der Waals surface area contributed by atoms with Crippen LogP contribution in [-0.4, -0.2) is 30.3 Å². The molecule has 4 rings (SSSR count). The lowest BCUT2D eigenvalue weighted by Crippen LogP contribution is -2.32. The fraction of sp³-hybridized carbons (Fsp3) is 0.364. The number of rotatable bonds is 6. The van der Waals surface area contributed by atoms with Crippen LogP contribution in [-0.2, 0) is 11.3 Å². The zero-order valence-electron chi connectivity index (χ0n) is 16.2. The molecule has 0 spiro atoms. The number of hydrogen-bond donors (Lipinski definition) is 1. The molecule has 0 saturated carbocycles. The zero-order chi connectivity index (χ0) is 19.5. The summed E-state index contributed by atoms with van der Waals surface area (Å²) in [5.41, 5.74) is 2.21. The van der Waals surface area contributed by atoms with Gasteiger partial charge in [0.25, 0.3) is 5.91 Å². The molecular formula is C22H24N2O4. The molecule has 1 N–H and O–H groups in total. The molecule has 1 saturated heterocycles. The number of carbonyl (C=O) groups is 1. The van der Waals surface area contributed by atoms with Gasteiger partial charge in [0, 0.05) is 13.2 Å². The van der Waals surface area contributed by atoms with Crippen molar-refractivity contribution in [2.75, 3.05) is 13.2 Å². The molecule has 6 heteroatoms. The Morgan fingerprint density at radius 2 is 2.04 bits per heavy atom. The van der Waals surface area contributed by atoms with Crippen molar-refractivity contribution in [1.29, 1.82) is 0 Å². The minimum absolute atomic E-state index is 0.0936. The molecule has 28 heavy (non-hydrogen) atoms. The molecule has 0 aliphatic carbocycles. The summed E-state index contributed by atoms with van der Waals surface area (Å²) in [6, 6.07) is 11.7. The molecule has 2 heterocycles. The highest BCUT2D eigenvalue weighted by molar-refractivity contribution is 6.01. The SMILES string of the molecule is Cc1noc(C)c1COc1cc2ccccc2cc1C(=O)NCC1CCCO1. The first-order valence-electron chi connectivity index (χ1n) is 9.59. The number of fused-ring (bicyclic) bond motifs is 1. The van der Waals surface area contributed by atoms with Crippen molar-refractivity contribution in [3.8, 4) is 5.75 Å². The number of nitrogens with one attached hydrogen (secondary N) is 1. The van der Waals surface area contributed by atoms with E-state index in [0.29, 0.717) is 24.5 Å². The van der Waals surface area contributed by atoms with E-state index in [0.717, 1.165) is 47.2 Å². The van der Waals surface area contributed by atoms with E-state index < -0.39 is 0 Å². The summed E-state index contributed by atoms with van der Waals surface area (Å²) in [7, 11) is 0. The summed E-state index contributed by atoms with van der Waals surface area (Å²) in [6.45, 7) is 5.31. The van der Waals surface area contributed by atoms with Crippen molar-refractivity contribution in [2.24, 2.45) is 0 Å². The van der Waals surface area contributed by atoms with Gasteiger partial charge in [-0.15, -0.1) is 0 Å². The van der Waals surface area contributed by atoms with E-state index in [9.17, 15) is 4.79 Å². The fourth-order valence-corrected chi connectivity index (χ4v) is 3.48. The van der Waals surface area contributed by atoms with Gasteiger partial charge in [0.1, 0.15) is 18.1 Å². The summed E-state index contributed by atoms with van der Waals surface area (Å²) in [6.07, 6.45) is 2.12. The maximum atomic E-state index is 12.9. The van der Waals surface area contributed by atoms with Gasteiger partial charge in [-0.2, -0.15) is 0 Å². The minimum atomic E-state index is -0.157. The van der Waals surface area contributed by atoms with Crippen LogP contribution in [0.5, 0.6) is 5.75 Å². The van der Waals surface area contributed by atoms with Gasteiger partial charge >= 0.3 is 0 Å². The van der Waals surface area contributed by atoms with Crippen LogP contribution >= 0.6 is 0 Å². The first kappa shape index (κ1) is 18.5. The summed E-state index contributed by atoms with van der Waals surface area (Å²) >= 11 is 0. The molecule has 1 amide bonds. The largest absolute Gasteiger partial charge is 0.488 e. The molecule has 0 radical (unpaired) electrons. The molecule has 1 aliphatic rings. The zero-order valence-corrected chi connectivity index (χ0v) is 16.2. The van der Waals surface area contributed by atoms with Gasteiger partial charge in [-0.3, -0.25) is 4.79 Å². The maximum Gasteiger partial charge on any atom is 0.255 e. The van der Waals surface area contributed by atoms with Crippen LogP contribution < -0.4 is 10.1 Å². The van der Waals surface area contributed by atoms with Crippen LogP contribution in [0, 0.1) is 13.8 Å². The predicted molar refractivity (Wildman–Crippen MR) is 106 cm³/mol. The monoisotopic (exact) mass is 380 g/mol. The van der Waals surface area contributed by atoms with Gasteiger partial charge < -0.3 is 19.3 Å². The number of carbonyl (C=O) groups excluding carboxylic acids is 1. The highest BCUT2D eigenvalue weighted by Gasteiger charge is 2.20. The number of ether oxygens (including phenoxy) is 2. The number of amides is 1. The summed E-state index contributed by atoms with van der Waals surface area (Å²) in [4.78, 5) is 12.9. The molecule has 1 unspecified atom stereocenters. The Morgan fingerprint density at radius 1 is 1.25 bits per heavy atom. The average Bonchev–Trinajstić information content (AvgIpc) is 3.34. The predicted octanol–water partition coefficient (Wildman–Crippen LogP) is 3.93. The Kier molecular flexibility index (Phi) is 5.30. The molecule has 1 fully saturated rings. The number of benzene rings is 2. The quantitative estimate of drug-likeness (QED) is 0.701. The van der Waals surface area contributed by atoms with E-state index >= 15 is 0 Å². The molecule has 1 atom stereocenters. The molecule has 3 aromatic rings. The van der Waals surface area contributed by atoms with Gasteiger partial charge in [0.05, 0.1) is 22.9 Å². The highest BCUT2D eigenvalue weighted by atomic mass is 16.5. The van der Waals surface area contributed by atoms with Crippen molar-refractivity contribution < 1.29 is 18.8 Å². The van der Waals surface area contributed by atoms with Crippen LogP contribution in [0.4, 0.5) is 0 Å². The highest BCUT2D eigenvalue weighted by Crippen LogP contribution is 2.28. The van der Waals surface area contributed by atoms with E-state index in [1.807, 2.05) is 50.2 Å². The van der Waals surface area contributed by atoms with Gasteiger partial charge in [-0.1, -0.05) is 29.4 Å². The van der Waals surface area contributed by atoms with E-state index in [4.69, 9.17) is 14.0 Å². The third-order valence-corrected chi connectivity index (χ3v) is 5.16. The van der Waals surface area contributed by atoms with Gasteiger partial charge in [-0.25, -0.2) is 0 Å². The minimum Gasteiger partial charge on any atom is -0.488 e. The lowest BCUT2D eigenvalue weighted by atomic mass is 10.0. The third-order valence-electron chi connectivity index (χ3n) is 5.16. The first-order valence-corrected chi connectivity index (χ1v) is 9.59. The van der Waals surface area contributed by atoms with Crippen molar-refractivity contribution in [3.05, 3.63) is 59.0 Å². The van der Waals surface area contributed by atoms with E-state index in [1.165, 1.54) is 0 Å². The number of hydrogen-bond acceptors (Lipinski definition) is 5. The van der Waals surface area contributed by atoms with Crippen LogP contribution in [0.25, 0.3) is 10.8 Å². The Morgan fingerprint density at radius 3 is 2.71 bits per heavy atom. The summed E-state index contributed by atoms with van der Waals surface area (Å²) in [5.74, 6) is 1.11. The van der Waals surface area contributed by atoms with E-state index in [1.54, 1.807) is 0 Å². The van der Waals surface area contributed by atoms with Crippen molar-refractivity contribution in [2.45, 2.75) is 39.4 Å². The van der Waals surface area contributed by atoms with Gasteiger partial charge in [0.2, 0.25) is 0 Å². The lowest BCUT2D eigenvalue weighted by molar-refractivity contribution is 0.0854. The maximum absolute atomic E-state index is 12.9. The average molecular weight is 380 g/mol. The third kappa shape index (κ3) is 3.87. The lowest BCUT2D eigenvalue weighted by Gasteiger charge is -2.15. The van der Waals surface area contributed by atoms with Crippen LogP contribution in [0.1, 0.15) is 40.2 Å². The van der Waals surface area contributed by atoms with Crippen LogP contribution in [0.2, 0.25) is 0 Å². The van der Waals surface area contributed by atoms with Gasteiger partial charge in [-0.05, 0) is 49.6 Å². The Bertz CT molecular complexity index is 970. The molecule has 146 valence electrons. The van der Waals surface area contributed by atoms with Crippen molar-refractivity contribution in [3.63, 3.8) is 0 Å². The molecule has 2 aromatic carbocycles. The first-order chi connectivity index (χ1) is 13.6. The molecule has 1 aromatic heterocycles. The smallest absolute Gasteiger partial charge is 0.255 e. The molecule has 6 nitrogen and oxygen atoms in total. The topological polar surface area (TPSA) is 73.6 Å². The summed E-state index contributed by atoms with van der Waals surface area (Å²) < 4.78 is 16.9. The molecule has 0 bridgehead atoms. The van der Waals surface area contributed by atoms with Crippen molar-refractivity contribution in [1.82, 2.24) is 10.5 Å². The standard InChI is InChI=1S/C22H24N2O4/c1-14-20(15(2)28-24-14)13-27-21-11-17-7-4-3-6-16(17)10-19(21)22(25)23-12-18-8-5-9-26-18/h3-4,6-7,10-11,18H,5,8-9,12-13H2,1-2H3,(H,23,25). The Balaban J connectivity index is 1.59. The summed E-state index contributed by atoms with van der Waals surface area (Å²) in [5, 5.41) is 8.96. The normalized spacial score (nSPS) is 16.4. The molecule has 1 aliphatic heterocycles. The number of nitrogens with zero attached hydrogens (tertiary/aromatic N) is 1. The second-order valence-electron chi connectivity index (χ2n) is 7.13. The van der Waals surface area contributed by atoms with Gasteiger partial charge in [0.15, 0.2) is 0 Å². The Labute approximate surface area is 163 Å². The Hall–Kier alpha value is -2.86.